The molecule has 0 spiro atoms. The van der Waals surface area contributed by atoms with Crippen molar-refractivity contribution in [3.05, 3.63) is 40.3 Å². The summed E-state index contributed by atoms with van der Waals surface area (Å²) in [5.41, 5.74) is 0.727. The summed E-state index contributed by atoms with van der Waals surface area (Å²) in [7, 11) is 0. The van der Waals surface area contributed by atoms with Gasteiger partial charge in [-0.2, -0.15) is 4.98 Å². The van der Waals surface area contributed by atoms with E-state index < -0.39 is 4.92 Å². The van der Waals surface area contributed by atoms with E-state index >= 15 is 0 Å². The average Bonchev–Trinajstić information content (AvgIpc) is 2.87. The van der Waals surface area contributed by atoms with Crippen molar-refractivity contribution in [2.24, 2.45) is 5.92 Å². The van der Waals surface area contributed by atoms with Crippen LogP contribution in [-0.2, 0) is 6.54 Å². The molecule has 1 N–H and O–H groups in total. The molecule has 0 atom stereocenters. The summed E-state index contributed by atoms with van der Waals surface area (Å²) in [5.74, 6) is 1.48. The lowest BCUT2D eigenvalue weighted by molar-refractivity contribution is -0.384. The summed E-state index contributed by atoms with van der Waals surface area (Å²) in [6.45, 7) is 5.61. The Balaban J connectivity index is 2.02. The Morgan fingerprint density at radius 3 is 2.65 bits per heavy atom. The highest BCUT2D eigenvalue weighted by Gasteiger charge is 2.10. The Morgan fingerprint density at radius 2 is 2.05 bits per heavy atom. The second-order valence-corrected chi connectivity index (χ2v) is 4.84. The SMILES string of the molecule is CC(C)CNCc1nc(-c2ccc([N+](=O)[O-])cc2)no1. The van der Waals surface area contributed by atoms with Crippen molar-refractivity contribution in [3.8, 4) is 11.4 Å². The van der Waals surface area contributed by atoms with Gasteiger partial charge in [0.15, 0.2) is 0 Å². The van der Waals surface area contributed by atoms with Crippen LogP contribution in [0.3, 0.4) is 0 Å². The summed E-state index contributed by atoms with van der Waals surface area (Å²) in [4.78, 5) is 14.4. The third-order valence-electron chi connectivity index (χ3n) is 2.63. The van der Waals surface area contributed by atoms with Crippen LogP contribution in [0.5, 0.6) is 0 Å². The summed E-state index contributed by atoms with van der Waals surface area (Å²) in [6, 6.07) is 6.05. The topological polar surface area (TPSA) is 94.1 Å². The molecule has 106 valence electrons. The van der Waals surface area contributed by atoms with Crippen molar-refractivity contribution in [1.82, 2.24) is 15.5 Å². The minimum atomic E-state index is -0.443. The van der Waals surface area contributed by atoms with Gasteiger partial charge in [0.1, 0.15) is 0 Å². The van der Waals surface area contributed by atoms with Gasteiger partial charge >= 0.3 is 0 Å². The van der Waals surface area contributed by atoms with Gasteiger partial charge < -0.3 is 9.84 Å². The predicted molar refractivity (Wildman–Crippen MR) is 72.9 cm³/mol. The molecule has 1 aromatic carbocycles. The molecule has 0 bridgehead atoms. The maximum Gasteiger partial charge on any atom is 0.269 e. The largest absolute Gasteiger partial charge is 0.338 e. The van der Waals surface area contributed by atoms with Crippen LogP contribution >= 0.6 is 0 Å². The number of aromatic nitrogens is 2. The maximum atomic E-state index is 10.6. The van der Waals surface area contributed by atoms with Crippen LogP contribution < -0.4 is 5.32 Å². The minimum absolute atomic E-state index is 0.0380. The van der Waals surface area contributed by atoms with E-state index in [1.165, 1.54) is 12.1 Å². The molecule has 0 aliphatic heterocycles. The zero-order valence-corrected chi connectivity index (χ0v) is 11.4. The van der Waals surface area contributed by atoms with Crippen LogP contribution in [-0.4, -0.2) is 21.6 Å². The number of nitrogens with zero attached hydrogens (tertiary/aromatic N) is 3. The molecule has 0 fully saturated rings. The number of hydrogen-bond acceptors (Lipinski definition) is 6. The molecule has 1 heterocycles. The Kier molecular flexibility index (Phi) is 4.41. The Morgan fingerprint density at radius 1 is 1.35 bits per heavy atom. The molecule has 0 saturated heterocycles. The second kappa shape index (κ2) is 6.25. The second-order valence-electron chi connectivity index (χ2n) is 4.84. The lowest BCUT2D eigenvalue weighted by Crippen LogP contribution is -2.19. The first-order valence-electron chi connectivity index (χ1n) is 6.34. The van der Waals surface area contributed by atoms with Crippen molar-refractivity contribution >= 4 is 5.69 Å². The normalized spacial score (nSPS) is 10.9. The van der Waals surface area contributed by atoms with Crippen molar-refractivity contribution in [2.75, 3.05) is 6.54 Å². The first-order chi connectivity index (χ1) is 9.56. The molecule has 0 radical (unpaired) electrons. The Bertz CT molecular complexity index is 578. The molecule has 2 aromatic rings. The van der Waals surface area contributed by atoms with Gasteiger partial charge in [0, 0.05) is 17.7 Å². The monoisotopic (exact) mass is 276 g/mol. The van der Waals surface area contributed by atoms with Gasteiger partial charge in [-0.1, -0.05) is 19.0 Å². The van der Waals surface area contributed by atoms with Gasteiger partial charge in [-0.25, -0.2) is 0 Å². The molecule has 0 aliphatic rings. The number of nitrogens with one attached hydrogen (secondary N) is 1. The van der Waals surface area contributed by atoms with Gasteiger partial charge in [-0.15, -0.1) is 0 Å². The molecule has 20 heavy (non-hydrogen) atoms. The number of benzene rings is 1. The summed E-state index contributed by atoms with van der Waals surface area (Å²) in [6.07, 6.45) is 0. The zero-order chi connectivity index (χ0) is 14.5. The van der Waals surface area contributed by atoms with E-state index in [1.54, 1.807) is 12.1 Å². The van der Waals surface area contributed by atoms with E-state index in [0.29, 0.717) is 29.7 Å². The highest BCUT2D eigenvalue weighted by Crippen LogP contribution is 2.19. The molecule has 2 rings (SSSR count). The number of rotatable bonds is 6. The number of hydrogen-bond donors (Lipinski definition) is 1. The van der Waals surface area contributed by atoms with E-state index in [4.69, 9.17) is 4.52 Å². The molecular weight excluding hydrogens is 260 g/mol. The van der Waals surface area contributed by atoms with Crippen LogP contribution in [0, 0.1) is 16.0 Å². The quantitative estimate of drug-likeness (QED) is 0.643. The fourth-order valence-electron chi connectivity index (χ4n) is 1.64. The van der Waals surface area contributed by atoms with E-state index in [0.717, 1.165) is 6.54 Å². The minimum Gasteiger partial charge on any atom is -0.338 e. The lowest BCUT2D eigenvalue weighted by Gasteiger charge is -2.03. The van der Waals surface area contributed by atoms with Gasteiger partial charge in [0.25, 0.3) is 5.69 Å². The van der Waals surface area contributed by atoms with E-state index in [-0.39, 0.29) is 5.69 Å². The van der Waals surface area contributed by atoms with Crippen molar-refractivity contribution < 1.29 is 9.45 Å². The third kappa shape index (κ3) is 3.61. The van der Waals surface area contributed by atoms with Gasteiger partial charge in [-0.3, -0.25) is 10.1 Å². The van der Waals surface area contributed by atoms with Crippen LogP contribution in [0.2, 0.25) is 0 Å². The number of nitro groups is 1. The molecule has 0 amide bonds. The van der Waals surface area contributed by atoms with Crippen LogP contribution in [0.4, 0.5) is 5.69 Å². The average molecular weight is 276 g/mol. The lowest BCUT2D eigenvalue weighted by atomic mass is 10.2. The summed E-state index contributed by atoms with van der Waals surface area (Å²) in [5, 5.41) is 17.6. The summed E-state index contributed by atoms with van der Waals surface area (Å²) >= 11 is 0. The number of nitro benzene ring substituents is 1. The zero-order valence-electron chi connectivity index (χ0n) is 11.4. The molecule has 0 aliphatic carbocycles. The molecule has 1 aromatic heterocycles. The maximum absolute atomic E-state index is 10.6. The van der Waals surface area contributed by atoms with Gasteiger partial charge in [-0.05, 0) is 24.6 Å². The standard InChI is InChI=1S/C13H16N4O3/c1-9(2)7-14-8-12-15-13(16-20-12)10-3-5-11(6-4-10)17(18)19/h3-6,9,14H,7-8H2,1-2H3. The van der Waals surface area contributed by atoms with Crippen LogP contribution in [0.15, 0.2) is 28.8 Å². The van der Waals surface area contributed by atoms with E-state index in [9.17, 15) is 10.1 Å². The first-order valence-corrected chi connectivity index (χ1v) is 6.34. The fourth-order valence-corrected chi connectivity index (χ4v) is 1.64. The van der Waals surface area contributed by atoms with Crippen molar-refractivity contribution in [2.45, 2.75) is 20.4 Å². The first kappa shape index (κ1) is 14.1. The molecule has 7 nitrogen and oxygen atoms in total. The van der Waals surface area contributed by atoms with Crippen molar-refractivity contribution in [1.29, 1.82) is 0 Å². The highest BCUT2D eigenvalue weighted by molar-refractivity contribution is 5.56. The third-order valence-corrected chi connectivity index (χ3v) is 2.63. The van der Waals surface area contributed by atoms with Crippen molar-refractivity contribution in [3.63, 3.8) is 0 Å². The van der Waals surface area contributed by atoms with E-state index in [1.807, 2.05) is 0 Å². The molecule has 0 unspecified atom stereocenters. The Labute approximate surface area is 116 Å². The fraction of sp³-hybridized carbons (Fsp3) is 0.385. The van der Waals surface area contributed by atoms with E-state index in [2.05, 4.69) is 29.3 Å². The molecular formula is C13H16N4O3. The molecule has 7 heteroatoms. The summed E-state index contributed by atoms with van der Waals surface area (Å²) < 4.78 is 5.12. The highest BCUT2D eigenvalue weighted by atomic mass is 16.6. The smallest absolute Gasteiger partial charge is 0.269 e. The van der Waals surface area contributed by atoms with Gasteiger partial charge in [0.2, 0.25) is 11.7 Å². The molecule has 0 saturated carbocycles. The van der Waals surface area contributed by atoms with Gasteiger partial charge in [0.05, 0.1) is 11.5 Å². The van der Waals surface area contributed by atoms with Crippen LogP contribution in [0.1, 0.15) is 19.7 Å². The number of non-ortho nitro benzene ring substituents is 1. The van der Waals surface area contributed by atoms with Crippen LogP contribution in [0.25, 0.3) is 11.4 Å². The Hall–Kier alpha value is -2.28. The predicted octanol–water partition coefficient (Wildman–Crippen LogP) is 2.39.